The van der Waals surface area contributed by atoms with Gasteiger partial charge in [0.15, 0.2) is 0 Å². The third kappa shape index (κ3) is 2.11. The van der Waals surface area contributed by atoms with Crippen LogP contribution in [0.3, 0.4) is 0 Å². The zero-order valence-electron chi connectivity index (χ0n) is 10.3. The molecular formula is C15H17NO. The maximum absolute atomic E-state index is 9.31. The first-order chi connectivity index (χ1) is 8.13. The first-order valence-corrected chi connectivity index (χ1v) is 5.78. The van der Waals surface area contributed by atoms with Gasteiger partial charge in [0.1, 0.15) is 5.75 Å². The van der Waals surface area contributed by atoms with Gasteiger partial charge in [-0.05, 0) is 55.3 Å². The number of phenolic OH excluding ortho intramolecular Hbond substituents is 1. The molecule has 1 aliphatic heterocycles. The summed E-state index contributed by atoms with van der Waals surface area (Å²) in [5, 5.41) is 9.31. The second-order valence-electron chi connectivity index (χ2n) is 4.14. The molecule has 17 heavy (non-hydrogen) atoms. The zero-order chi connectivity index (χ0) is 12.4. The minimum absolute atomic E-state index is 0.291. The zero-order valence-corrected chi connectivity index (χ0v) is 10.3. The van der Waals surface area contributed by atoms with Gasteiger partial charge in [-0.1, -0.05) is 12.7 Å². The van der Waals surface area contributed by atoms with Crippen LogP contribution >= 0.6 is 0 Å². The number of phenols is 1. The minimum Gasteiger partial charge on any atom is -0.508 e. The van der Waals surface area contributed by atoms with E-state index in [1.807, 2.05) is 12.1 Å². The number of hydrogen-bond acceptors (Lipinski definition) is 2. The molecule has 0 radical (unpaired) electrons. The van der Waals surface area contributed by atoms with Crippen LogP contribution in [-0.4, -0.2) is 16.6 Å². The molecule has 0 bridgehead atoms. The van der Waals surface area contributed by atoms with E-state index in [9.17, 15) is 5.11 Å². The number of benzene rings is 1. The van der Waals surface area contributed by atoms with E-state index in [4.69, 9.17) is 0 Å². The largest absolute Gasteiger partial charge is 0.508 e. The average molecular weight is 227 g/mol. The van der Waals surface area contributed by atoms with Crippen molar-refractivity contribution in [1.29, 1.82) is 0 Å². The Kier molecular flexibility index (Phi) is 3.05. The van der Waals surface area contributed by atoms with Gasteiger partial charge in [0, 0.05) is 17.9 Å². The molecular weight excluding hydrogens is 210 g/mol. The molecule has 0 aliphatic carbocycles. The Morgan fingerprint density at radius 3 is 2.41 bits per heavy atom. The molecule has 0 fully saturated rings. The lowest BCUT2D eigenvalue weighted by molar-refractivity contribution is 0.475. The molecule has 2 rings (SSSR count). The van der Waals surface area contributed by atoms with Crippen LogP contribution in [0, 0.1) is 0 Å². The quantitative estimate of drug-likeness (QED) is 0.835. The molecule has 0 unspecified atom stereocenters. The van der Waals surface area contributed by atoms with Crippen molar-refractivity contribution < 1.29 is 5.11 Å². The highest BCUT2D eigenvalue weighted by Crippen LogP contribution is 2.30. The Balaban J connectivity index is 2.43. The lowest BCUT2D eigenvalue weighted by Gasteiger charge is -2.31. The number of hydrogen-bond donors (Lipinski definition) is 1. The minimum atomic E-state index is 0.291. The van der Waals surface area contributed by atoms with E-state index in [1.54, 1.807) is 12.1 Å². The van der Waals surface area contributed by atoms with Crippen molar-refractivity contribution in [3.05, 3.63) is 59.8 Å². The molecule has 1 aromatic carbocycles. The molecule has 0 saturated carbocycles. The van der Waals surface area contributed by atoms with Crippen molar-refractivity contribution in [2.45, 2.75) is 13.8 Å². The SMILES string of the molecule is C=C1C(C)=CC=C(c2ccc(O)cc2)N1CC. The van der Waals surface area contributed by atoms with Crippen LogP contribution in [0.4, 0.5) is 0 Å². The molecule has 2 heteroatoms. The monoisotopic (exact) mass is 227 g/mol. The predicted molar refractivity (Wildman–Crippen MR) is 71.4 cm³/mol. The number of rotatable bonds is 2. The Bertz CT molecular complexity index is 494. The normalized spacial score (nSPS) is 15.6. The molecule has 88 valence electrons. The summed E-state index contributed by atoms with van der Waals surface area (Å²) in [4.78, 5) is 2.18. The fourth-order valence-electron chi connectivity index (χ4n) is 1.99. The van der Waals surface area contributed by atoms with Crippen LogP contribution in [0.1, 0.15) is 19.4 Å². The summed E-state index contributed by atoms with van der Waals surface area (Å²) < 4.78 is 0. The molecule has 1 N–H and O–H groups in total. The molecule has 1 aromatic rings. The van der Waals surface area contributed by atoms with Crippen molar-refractivity contribution in [2.24, 2.45) is 0 Å². The number of allylic oxidation sites excluding steroid dienone is 3. The Morgan fingerprint density at radius 1 is 1.18 bits per heavy atom. The van der Waals surface area contributed by atoms with Crippen molar-refractivity contribution >= 4 is 5.70 Å². The highest BCUT2D eigenvalue weighted by molar-refractivity contribution is 5.70. The van der Waals surface area contributed by atoms with E-state index in [2.05, 4.69) is 37.5 Å². The van der Waals surface area contributed by atoms with Crippen molar-refractivity contribution in [2.75, 3.05) is 6.54 Å². The predicted octanol–water partition coefficient (Wildman–Crippen LogP) is 3.53. The maximum atomic E-state index is 9.31. The Hall–Kier alpha value is -1.96. The standard InChI is InChI=1S/C15H17NO/c1-4-16-12(3)11(2)5-10-15(16)13-6-8-14(17)9-7-13/h5-10,17H,3-4H2,1-2H3. The topological polar surface area (TPSA) is 23.5 Å². The van der Waals surface area contributed by atoms with Gasteiger partial charge >= 0.3 is 0 Å². The first kappa shape index (κ1) is 11.5. The highest BCUT2D eigenvalue weighted by atomic mass is 16.3. The summed E-state index contributed by atoms with van der Waals surface area (Å²) in [6, 6.07) is 7.26. The van der Waals surface area contributed by atoms with E-state index in [0.717, 1.165) is 23.5 Å². The number of aromatic hydroxyl groups is 1. The summed E-state index contributed by atoms with van der Waals surface area (Å²) in [7, 11) is 0. The highest BCUT2D eigenvalue weighted by Gasteiger charge is 2.17. The molecule has 0 spiro atoms. The van der Waals surface area contributed by atoms with Crippen LogP contribution in [-0.2, 0) is 0 Å². The van der Waals surface area contributed by atoms with Gasteiger partial charge in [-0.15, -0.1) is 0 Å². The average Bonchev–Trinajstić information content (AvgIpc) is 2.34. The Labute approximate surface area is 102 Å². The van der Waals surface area contributed by atoms with Gasteiger partial charge in [0.05, 0.1) is 0 Å². The van der Waals surface area contributed by atoms with Crippen LogP contribution in [0.2, 0.25) is 0 Å². The molecule has 2 nitrogen and oxygen atoms in total. The van der Waals surface area contributed by atoms with Crippen LogP contribution in [0.25, 0.3) is 5.70 Å². The van der Waals surface area contributed by atoms with Gasteiger partial charge in [0.2, 0.25) is 0 Å². The molecule has 0 amide bonds. The number of nitrogens with zero attached hydrogens (tertiary/aromatic N) is 1. The van der Waals surface area contributed by atoms with Gasteiger partial charge in [0.25, 0.3) is 0 Å². The fraction of sp³-hybridized carbons (Fsp3) is 0.200. The van der Waals surface area contributed by atoms with E-state index in [0.29, 0.717) is 5.75 Å². The molecule has 0 atom stereocenters. The van der Waals surface area contributed by atoms with Crippen molar-refractivity contribution in [3.63, 3.8) is 0 Å². The smallest absolute Gasteiger partial charge is 0.115 e. The lowest BCUT2D eigenvalue weighted by atomic mass is 10.0. The Morgan fingerprint density at radius 2 is 1.82 bits per heavy atom. The van der Waals surface area contributed by atoms with E-state index >= 15 is 0 Å². The number of likely N-dealkylation sites (N-methyl/N-ethyl adjacent to an activating group) is 1. The van der Waals surface area contributed by atoms with Crippen LogP contribution < -0.4 is 0 Å². The molecule has 1 aliphatic rings. The third-order valence-electron chi connectivity index (χ3n) is 3.04. The summed E-state index contributed by atoms with van der Waals surface area (Å²) in [5.41, 5.74) is 4.45. The molecule has 0 saturated heterocycles. The molecule has 0 aromatic heterocycles. The second kappa shape index (κ2) is 4.50. The third-order valence-corrected chi connectivity index (χ3v) is 3.04. The van der Waals surface area contributed by atoms with E-state index < -0.39 is 0 Å². The van der Waals surface area contributed by atoms with Crippen LogP contribution in [0.5, 0.6) is 5.75 Å². The van der Waals surface area contributed by atoms with E-state index in [-0.39, 0.29) is 0 Å². The van der Waals surface area contributed by atoms with Crippen LogP contribution in [0.15, 0.2) is 54.3 Å². The van der Waals surface area contributed by atoms with Crippen molar-refractivity contribution in [1.82, 2.24) is 4.90 Å². The fourth-order valence-corrected chi connectivity index (χ4v) is 1.99. The first-order valence-electron chi connectivity index (χ1n) is 5.78. The summed E-state index contributed by atoms with van der Waals surface area (Å²) in [5.74, 6) is 0.291. The van der Waals surface area contributed by atoms with E-state index in [1.165, 1.54) is 5.57 Å². The summed E-state index contributed by atoms with van der Waals surface area (Å²) in [6.45, 7) is 9.17. The second-order valence-corrected chi connectivity index (χ2v) is 4.14. The summed E-state index contributed by atoms with van der Waals surface area (Å²) in [6.07, 6.45) is 4.18. The van der Waals surface area contributed by atoms with Crippen molar-refractivity contribution in [3.8, 4) is 5.75 Å². The van der Waals surface area contributed by atoms with Gasteiger partial charge < -0.3 is 10.0 Å². The lowest BCUT2D eigenvalue weighted by Crippen LogP contribution is -2.23. The maximum Gasteiger partial charge on any atom is 0.115 e. The van der Waals surface area contributed by atoms with Gasteiger partial charge in [-0.2, -0.15) is 0 Å². The molecule has 1 heterocycles. The van der Waals surface area contributed by atoms with Gasteiger partial charge in [-0.3, -0.25) is 0 Å². The van der Waals surface area contributed by atoms with Gasteiger partial charge in [-0.25, -0.2) is 0 Å². The summed E-state index contributed by atoms with van der Waals surface area (Å²) >= 11 is 0.